The monoisotopic (exact) mass is 562 g/mol. The fourth-order valence-electron chi connectivity index (χ4n) is 4.35. The lowest BCUT2D eigenvalue weighted by Crippen LogP contribution is -2.42. The standard InChI is InChI=1S/C34H30N2O6/c37-33(36-30(34(38)39)22-24-11-15-29(16-12-24)42-23-25-6-2-1-3-7-25)27-13-17-28(18-14-27)40-20-21-41-31-10-4-8-26-9-5-19-35-32(26)31/h1-19,30H,20-23H2,(H,36,37)(H,38,39)/t30-/m0/s1. The highest BCUT2D eigenvalue weighted by molar-refractivity contribution is 5.96. The normalized spacial score (nSPS) is 11.4. The van der Waals surface area contributed by atoms with Crippen LogP contribution >= 0.6 is 0 Å². The number of para-hydroxylation sites is 1. The van der Waals surface area contributed by atoms with Crippen molar-refractivity contribution >= 4 is 22.8 Å². The molecule has 212 valence electrons. The quantitative estimate of drug-likeness (QED) is 0.177. The van der Waals surface area contributed by atoms with Gasteiger partial charge in [-0.25, -0.2) is 4.79 Å². The van der Waals surface area contributed by atoms with E-state index in [1.165, 1.54) is 0 Å². The van der Waals surface area contributed by atoms with Crippen LogP contribution in [-0.2, 0) is 17.8 Å². The zero-order valence-electron chi connectivity index (χ0n) is 22.8. The molecule has 5 rings (SSSR count). The Labute approximate surface area is 243 Å². The van der Waals surface area contributed by atoms with Crippen molar-refractivity contribution in [1.29, 1.82) is 0 Å². The molecule has 1 heterocycles. The molecule has 8 heteroatoms. The van der Waals surface area contributed by atoms with Gasteiger partial charge in [0.15, 0.2) is 0 Å². The minimum Gasteiger partial charge on any atom is -0.490 e. The van der Waals surface area contributed by atoms with Crippen LogP contribution in [0.25, 0.3) is 10.9 Å². The van der Waals surface area contributed by atoms with Crippen LogP contribution < -0.4 is 19.5 Å². The second-order valence-electron chi connectivity index (χ2n) is 9.54. The van der Waals surface area contributed by atoms with Gasteiger partial charge in [0.1, 0.15) is 48.6 Å². The zero-order chi connectivity index (χ0) is 29.1. The number of carboxylic acid groups (broad SMARTS) is 1. The Morgan fingerprint density at radius 1 is 0.714 bits per heavy atom. The van der Waals surface area contributed by atoms with Crippen molar-refractivity contribution in [2.45, 2.75) is 19.1 Å². The van der Waals surface area contributed by atoms with Gasteiger partial charge in [-0.15, -0.1) is 0 Å². The summed E-state index contributed by atoms with van der Waals surface area (Å²) in [5.74, 6) is 0.329. The highest BCUT2D eigenvalue weighted by Crippen LogP contribution is 2.23. The van der Waals surface area contributed by atoms with E-state index in [2.05, 4.69) is 10.3 Å². The molecule has 0 bridgehead atoms. The molecule has 1 aromatic heterocycles. The molecule has 2 N–H and O–H groups in total. The molecule has 42 heavy (non-hydrogen) atoms. The average molecular weight is 563 g/mol. The van der Waals surface area contributed by atoms with Crippen LogP contribution in [0.4, 0.5) is 0 Å². The van der Waals surface area contributed by atoms with Crippen molar-refractivity contribution in [3.8, 4) is 17.2 Å². The summed E-state index contributed by atoms with van der Waals surface area (Å²) in [7, 11) is 0. The summed E-state index contributed by atoms with van der Waals surface area (Å²) < 4.78 is 17.4. The minimum absolute atomic E-state index is 0.132. The molecule has 0 aliphatic rings. The molecular weight excluding hydrogens is 532 g/mol. The van der Waals surface area contributed by atoms with E-state index in [-0.39, 0.29) is 6.42 Å². The molecule has 0 radical (unpaired) electrons. The van der Waals surface area contributed by atoms with Gasteiger partial charge >= 0.3 is 5.97 Å². The topological polar surface area (TPSA) is 107 Å². The predicted molar refractivity (Wildman–Crippen MR) is 159 cm³/mol. The van der Waals surface area contributed by atoms with E-state index in [4.69, 9.17) is 14.2 Å². The van der Waals surface area contributed by atoms with Crippen molar-refractivity contribution in [3.05, 3.63) is 132 Å². The first-order valence-corrected chi connectivity index (χ1v) is 13.5. The lowest BCUT2D eigenvalue weighted by molar-refractivity contribution is -0.139. The van der Waals surface area contributed by atoms with Gasteiger partial charge in [-0.2, -0.15) is 0 Å². The lowest BCUT2D eigenvalue weighted by atomic mass is 10.1. The van der Waals surface area contributed by atoms with Crippen LogP contribution in [0.5, 0.6) is 17.2 Å². The number of aromatic nitrogens is 1. The largest absolute Gasteiger partial charge is 0.490 e. The number of rotatable bonds is 13. The number of aliphatic carboxylic acids is 1. The SMILES string of the molecule is O=C(N[C@@H](Cc1ccc(OCc2ccccc2)cc1)C(=O)O)c1ccc(OCCOc2cccc3cccnc23)cc1. The van der Waals surface area contributed by atoms with Crippen LogP contribution in [0.15, 0.2) is 115 Å². The van der Waals surface area contributed by atoms with Crippen molar-refractivity contribution in [3.63, 3.8) is 0 Å². The van der Waals surface area contributed by atoms with Gasteiger partial charge in [0.25, 0.3) is 5.91 Å². The molecule has 8 nitrogen and oxygen atoms in total. The number of ether oxygens (including phenoxy) is 3. The van der Waals surface area contributed by atoms with Gasteiger partial charge in [-0.1, -0.05) is 60.7 Å². The number of carbonyl (C=O) groups is 2. The second-order valence-corrected chi connectivity index (χ2v) is 9.54. The van der Waals surface area contributed by atoms with Crippen molar-refractivity contribution in [1.82, 2.24) is 10.3 Å². The Kier molecular flexibility index (Phi) is 9.26. The maximum absolute atomic E-state index is 12.8. The third-order valence-corrected chi connectivity index (χ3v) is 6.54. The summed E-state index contributed by atoms with van der Waals surface area (Å²) in [6.07, 6.45) is 1.86. The molecule has 0 aliphatic heterocycles. The molecule has 0 aliphatic carbocycles. The molecule has 1 atom stereocenters. The van der Waals surface area contributed by atoms with Crippen LogP contribution in [0.1, 0.15) is 21.5 Å². The van der Waals surface area contributed by atoms with E-state index < -0.39 is 17.9 Å². The molecule has 5 aromatic rings. The molecule has 4 aromatic carbocycles. The number of benzene rings is 4. The van der Waals surface area contributed by atoms with Crippen LogP contribution in [0, 0.1) is 0 Å². The fourth-order valence-corrected chi connectivity index (χ4v) is 4.35. The summed E-state index contributed by atoms with van der Waals surface area (Å²) >= 11 is 0. The first kappa shape index (κ1) is 28.2. The van der Waals surface area contributed by atoms with Crippen molar-refractivity contribution in [2.75, 3.05) is 13.2 Å². The third-order valence-electron chi connectivity index (χ3n) is 6.54. The van der Waals surface area contributed by atoms with Gasteiger partial charge in [0, 0.05) is 23.6 Å². The smallest absolute Gasteiger partial charge is 0.326 e. The molecular formula is C34H30N2O6. The Morgan fingerprint density at radius 2 is 1.40 bits per heavy atom. The van der Waals surface area contributed by atoms with E-state index in [9.17, 15) is 14.7 Å². The van der Waals surface area contributed by atoms with E-state index >= 15 is 0 Å². The minimum atomic E-state index is -1.12. The first-order chi connectivity index (χ1) is 20.5. The predicted octanol–water partition coefficient (Wildman–Crippen LogP) is 5.70. The van der Waals surface area contributed by atoms with Gasteiger partial charge in [0.05, 0.1) is 0 Å². The molecule has 0 saturated heterocycles. The summed E-state index contributed by atoms with van der Waals surface area (Å²) in [6.45, 7) is 1.05. The summed E-state index contributed by atoms with van der Waals surface area (Å²) in [5.41, 5.74) is 2.94. The Balaban J connectivity index is 1.09. The van der Waals surface area contributed by atoms with Gasteiger partial charge in [-0.3, -0.25) is 9.78 Å². The highest BCUT2D eigenvalue weighted by atomic mass is 16.5. The Bertz CT molecular complexity index is 1620. The summed E-state index contributed by atoms with van der Waals surface area (Å²) in [4.78, 5) is 29.1. The summed E-state index contributed by atoms with van der Waals surface area (Å²) in [5, 5.41) is 13.3. The number of fused-ring (bicyclic) bond motifs is 1. The van der Waals surface area contributed by atoms with Gasteiger partial charge < -0.3 is 24.6 Å². The van der Waals surface area contributed by atoms with E-state index in [0.717, 1.165) is 22.0 Å². The lowest BCUT2D eigenvalue weighted by Gasteiger charge is -2.15. The maximum Gasteiger partial charge on any atom is 0.326 e. The van der Waals surface area contributed by atoms with Crippen LogP contribution in [-0.4, -0.2) is 41.2 Å². The molecule has 0 spiro atoms. The zero-order valence-corrected chi connectivity index (χ0v) is 22.8. The van der Waals surface area contributed by atoms with Crippen molar-refractivity contribution in [2.24, 2.45) is 0 Å². The second kappa shape index (κ2) is 13.8. The van der Waals surface area contributed by atoms with Gasteiger partial charge in [0.2, 0.25) is 0 Å². The van der Waals surface area contributed by atoms with E-state index in [1.807, 2.05) is 60.7 Å². The highest BCUT2D eigenvalue weighted by Gasteiger charge is 2.21. The molecule has 0 fully saturated rings. The van der Waals surface area contributed by atoms with Crippen LogP contribution in [0.2, 0.25) is 0 Å². The van der Waals surface area contributed by atoms with E-state index in [0.29, 0.717) is 42.6 Å². The average Bonchev–Trinajstić information content (AvgIpc) is 3.03. The molecule has 1 amide bonds. The van der Waals surface area contributed by atoms with Crippen LogP contribution in [0.3, 0.4) is 0 Å². The van der Waals surface area contributed by atoms with E-state index in [1.54, 1.807) is 54.7 Å². The number of carboxylic acids is 1. The summed E-state index contributed by atoms with van der Waals surface area (Å²) in [6, 6.07) is 32.0. The Morgan fingerprint density at radius 3 is 2.17 bits per heavy atom. The Hall–Kier alpha value is -5.37. The number of pyridine rings is 1. The number of amides is 1. The third kappa shape index (κ3) is 7.63. The molecule has 0 saturated carbocycles. The number of nitrogens with one attached hydrogen (secondary N) is 1. The number of hydrogen-bond acceptors (Lipinski definition) is 6. The molecule has 0 unspecified atom stereocenters. The van der Waals surface area contributed by atoms with Gasteiger partial charge in [-0.05, 0) is 59.7 Å². The number of nitrogens with zero attached hydrogens (tertiary/aromatic N) is 1. The maximum atomic E-state index is 12.8. The van der Waals surface area contributed by atoms with Crippen molar-refractivity contribution < 1.29 is 28.9 Å². The number of hydrogen-bond donors (Lipinski definition) is 2. The number of carbonyl (C=O) groups excluding carboxylic acids is 1. The fraction of sp³-hybridized carbons (Fsp3) is 0.147. The first-order valence-electron chi connectivity index (χ1n) is 13.5.